The summed E-state index contributed by atoms with van der Waals surface area (Å²) in [5, 5.41) is 0. The Kier molecular flexibility index (Phi) is 3.15. The van der Waals surface area contributed by atoms with Gasteiger partial charge >= 0.3 is 0 Å². The number of halogens is 1. The molecule has 96 valence electrons. The van der Waals surface area contributed by atoms with E-state index in [4.69, 9.17) is 0 Å². The molecule has 3 rings (SSSR count). The van der Waals surface area contributed by atoms with Crippen LogP contribution in [-0.2, 0) is 6.54 Å². The van der Waals surface area contributed by atoms with Crippen LogP contribution >= 0.6 is 15.9 Å². The van der Waals surface area contributed by atoms with Gasteiger partial charge in [-0.25, -0.2) is 4.99 Å². The maximum Gasteiger partial charge on any atom is 0.0960 e. The summed E-state index contributed by atoms with van der Waals surface area (Å²) in [4.78, 5) is 6.80. The lowest BCUT2D eigenvalue weighted by molar-refractivity contribution is 0.984. The summed E-state index contributed by atoms with van der Waals surface area (Å²) in [5.74, 6) is 0. The molecule has 0 N–H and O–H groups in total. The van der Waals surface area contributed by atoms with Gasteiger partial charge in [0.2, 0.25) is 0 Å². The van der Waals surface area contributed by atoms with Crippen molar-refractivity contribution in [3.05, 3.63) is 57.6 Å². The predicted octanol–water partition coefficient (Wildman–Crippen LogP) is 4.75. The second-order valence-corrected chi connectivity index (χ2v) is 5.69. The zero-order valence-corrected chi connectivity index (χ0v) is 12.6. The predicted molar refractivity (Wildman–Crippen MR) is 84.4 cm³/mol. The number of para-hydroxylation sites is 1. The van der Waals surface area contributed by atoms with E-state index < -0.39 is 0 Å². The minimum absolute atomic E-state index is 0.873. The maximum atomic E-state index is 4.61. The van der Waals surface area contributed by atoms with Crippen LogP contribution in [0.15, 0.2) is 45.9 Å². The van der Waals surface area contributed by atoms with Crippen LogP contribution in [0.3, 0.4) is 0 Å². The molecule has 0 atom stereocenters. The van der Waals surface area contributed by atoms with E-state index >= 15 is 0 Å². The Bertz CT molecular complexity index is 662. The van der Waals surface area contributed by atoms with Gasteiger partial charge in [-0.2, -0.15) is 0 Å². The molecule has 0 saturated heterocycles. The van der Waals surface area contributed by atoms with E-state index in [1.54, 1.807) is 0 Å². The summed E-state index contributed by atoms with van der Waals surface area (Å²) in [6.07, 6.45) is 1.93. The summed E-state index contributed by atoms with van der Waals surface area (Å²) in [6, 6.07) is 12.6. The molecule has 2 aromatic rings. The molecule has 0 saturated carbocycles. The van der Waals surface area contributed by atoms with E-state index in [2.05, 4.69) is 76.1 Å². The van der Waals surface area contributed by atoms with Gasteiger partial charge in [-0.05, 0) is 42.7 Å². The molecule has 0 aliphatic carbocycles. The Morgan fingerprint density at radius 1 is 1.11 bits per heavy atom. The van der Waals surface area contributed by atoms with Crippen molar-refractivity contribution in [2.45, 2.75) is 20.4 Å². The van der Waals surface area contributed by atoms with E-state index in [1.807, 2.05) is 6.34 Å². The molecule has 0 aromatic heterocycles. The van der Waals surface area contributed by atoms with Gasteiger partial charge in [-0.3, -0.25) is 0 Å². The lowest BCUT2D eigenvalue weighted by Gasteiger charge is -2.26. The molecule has 2 nitrogen and oxygen atoms in total. The van der Waals surface area contributed by atoms with Gasteiger partial charge < -0.3 is 4.90 Å². The molecule has 0 bridgehead atoms. The first kappa shape index (κ1) is 12.4. The Morgan fingerprint density at radius 3 is 2.74 bits per heavy atom. The van der Waals surface area contributed by atoms with Crippen LogP contribution in [0.4, 0.5) is 11.4 Å². The van der Waals surface area contributed by atoms with E-state index in [9.17, 15) is 0 Å². The van der Waals surface area contributed by atoms with Crippen molar-refractivity contribution in [2.75, 3.05) is 4.90 Å². The highest BCUT2D eigenvalue weighted by Crippen LogP contribution is 2.33. The standard InChI is InChI=1S/C16H15BrN2/c1-11-5-3-6-13-9-19(10-18-16(11)13)15-8-4-7-14(17)12(15)2/h3-8,10H,9H2,1-2H3. The van der Waals surface area contributed by atoms with Gasteiger partial charge in [0.25, 0.3) is 0 Å². The molecule has 0 spiro atoms. The first-order chi connectivity index (χ1) is 9.16. The van der Waals surface area contributed by atoms with Crippen molar-refractivity contribution in [1.29, 1.82) is 0 Å². The zero-order valence-electron chi connectivity index (χ0n) is 11.0. The van der Waals surface area contributed by atoms with Crippen LogP contribution in [0.2, 0.25) is 0 Å². The van der Waals surface area contributed by atoms with Gasteiger partial charge in [-0.1, -0.05) is 40.2 Å². The molecular formula is C16H15BrN2. The minimum Gasteiger partial charge on any atom is -0.328 e. The minimum atomic E-state index is 0.873. The number of aliphatic imine (C=N–C) groups is 1. The number of hydrogen-bond donors (Lipinski definition) is 0. The topological polar surface area (TPSA) is 15.6 Å². The van der Waals surface area contributed by atoms with Gasteiger partial charge in [0.15, 0.2) is 0 Å². The molecule has 0 radical (unpaired) electrons. The molecule has 3 heteroatoms. The zero-order chi connectivity index (χ0) is 13.4. The average Bonchev–Trinajstić information content (AvgIpc) is 2.42. The lowest BCUT2D eigenvalue weighted by Crippen LogP contribution is -2.24. The SMILES string of the molecule is Cc1cccc2c1N=CN(c1cccc(Br)c1C)C2. The van der Waals surface area contributed by atoms with Crippen LogP contribution in [-0.4, -0.2) is 6.34 Å². The van der Waals surface area contributed by atoms with Gasteiger partial charge in [0, 0.05) is 10.2 Å². The molecule has 2 aromatic carbocycles. The van der Waals surface area contributed by atoms with Crippen molar-refractivity contribution in [3.8, 4) is 0 Å². The molecule has 0 unspecified atom stereocenters. The fourth-order valence-corrected chi connectivity index (χ4v) is 2.79. The van der Waals surface area contributed by atoms with Crippen LogP contribution in [0.5, 0.6) is 0 Å². The smallest absolute Gasteiger partial charge is 0.0960 e. The third kappa shape index (κ3) is 2.19. The van der Waals surface area contributed by atoms with E-state index in [1.165, 1.54) is 22.4 Å². The Hall–Kier alpha value is -1.61. The van der Waals surface area contributed by atoms with Crippen LogP contribution in [0, 0.1) is 13.8 Å². The number of nitrogens with zero attached hydrogens (tertiary/aromatic N) is 2. The summed E-state index contributed by atoms with van der Waals surface area (Å²) >= 11 is 3.58. The number of benzene rings is 2. The highest BCUT2D eigenvalue weighted by atomic mass is 79.9. The Balaban J connectivity index is 2.02. The van der Waals surface area contributed by atoms with E-state index in [0.717, 1.165) is 16.7 Å². The maximum absolute atomic E-state index is 4.61. The normalized spacial score (nSPS) is 13.5. The quantitative estimate of drug-likeness (QED) is 0.742. The fraction of sp³-hybridized carbons (Fsp3) is 0.188. The van der Waals surface area contributed by atoms with Crippen LogP contribution < -0.4 is 4.90 Å². The second kappa shape index (κ2) is 4.82. The Labute approximate surface area is 121 Å². The Morgan fingerprint density at radius 2 is 1.89 bits per heavy atom. The monoisotopic (exact) mass is 314 g/mol. The van der Waals surface area contributed by atoms with Crippen molar-refractivity contribution in [1.82, 2.24) is 0 Å². The van der Waals surface area contributed by atoms with Gasteiger partial charge in [0.05, 0.1) is 18.6 Å². The number of rotatable bonds is 1. The highest BCUT2D eigenvalue weighted by molar-refractivity contribution is 9.10. The van der Waals surface area contributed by atoms with Crippen LogP contribution in [0.1, 0.15) is 16.7 Å². The fourth-order valence-electron chi connectivity index (χ4n) is 2.44. The number of fused-ring (bicyclic) bond motifs is 1. The van der Waals surface area contributed by atoms with Crippen molar-refractivity contribution >= 4 is 33.6 Å². The van der Waals surface area contributed by atoms with E-state index in [-0.39, 0.29) is 0 Å². The van der Waals surface area contributed by atoms with Crippen molar-refractivity contribution in [3.63, 3.8) is 0 Å². The number of anilines is 1. The third-order valence-electron chi connectivity index (χ3n) is 3.54. The average molecular weight is 315 g/mol. The van der Waals surface area contributed by atoms with Crippen molar-refractivity contribution in [2.24, 2.45) is 4.99 Å². The van der Waals surface area contributed by atoms with Crippen LogP contribution in [0.25, 0.3) is 0 Å². The van der Waals surface area contributed by atoms with E-state index in [0.29, 0.717) is 0 Å². The molecule has 0 amide bonds. The summed E-state index contributed by atoms with van der Waals surface area (Å²) in [5.41, 5.74) is 6.07. The lowest BCUT2D eigenvalue weighted by atomic mass is 10.1. The molecule has 1 aliphatic heterocycles. The summed E-state index contributed by atoms with van der Waals surface area (Å²) in [7, 11) is 0. The molecule has 19 heavy (non-hydrogen) atoms. The summed E-state index contributed by atoms with van der Waals surface area (Å²) in [6.45, 7) is 5.10. The first-order valence-electron chi connectivity index (χ1n) is 6.31. The largest absolute Gasteiger partial charge is 0.328 e. The summed E-state index contributed by atoms with van der Waals surface area (Å²) < 4.78 is 1.13. The van der Waals surface area contributed by atoms with Crippen molar-refractivity contribution < 1.29 is 0 Å². The number of aryl methyl sites for hydroxylation is 1. The first-order valence-corrected chi connectivity index (χ1v) is 7.10. The molecule has 1 aliphatic rings. The highest BCUT2D eigenvalue weighted by Gasteiger charge is 2.16. The second-order valence-electron chi connectivity index (χ2n) is 4.84. The molecule has 1 heterocycles. The molecular weight excluding hydrogens is 300 g/mol. The van der Waals surface area contributed by atoms with Gasteiger partial charge in [-0.15, -0.1) is 0 Å². The van der Waals surface area contributed by atoms with Gasteiger partial charge in [0.1, 0.15) is 0 Å². The molecule has 0 fully saturated rings. The number of hydrogen-bond acceptors (Lipinski definition) is 2. The third-order valence-corrected chi connectivity index (χ3v) is 4.40.